The molecule has 2 rings (SSSR count). The van der Waals surface area contributed by atoms with Crippen molar-refractivity contribution in [1.82, 2.24) is 0 Å². The first-order chi connectivity index (χ1) is 11.0. The highest BCUT2D eigenvalue weighted by Crippen LogP contribution is 2.33. The van der Waals surface area contributed by atoms with Crippen molar-refractivity contribution < 1.29 is 23.4 Å². The molecule has 0 bridgehead atoms. The summed E-state index contributed by atoms with van der Waals surface area (Å²) in [7, 11) is 4.27. The van der Waals surface area contributed by atoms with Gasteiger partial charge in [-0.2, -0.15) is 0 Å². The lowest BCUT2D eigenvalue weighted by atomic mass is 10.1. The van der Waals surface area contributed by atoms with Crippen molar-refractivity contribution >= 4 is 17.7 Å². The summed E-state index contributed by atoms with van der Waals surface area (Å²) in [6, 6.07) is 6.77. The Bertz CT molecular complexity index is 781. The summed E-state index contributed by atoms with van der Waals surface area (Å²) in [5, 5.41) is 0. The van der Waals surface area contributed by atoms with Gasteiger partial charge in [0.05, 0.1) is 21.3 Å². The Morgan fingerprint density at radius 1 is 1.09 bits per heavy atom. The Hall–Kier alpha value is -2.41. The first-order valence-electron chi connectivity index (χ1n) is 6.58. The number of hydrogen-bond donors (Lipinski definition) is 0. The highest BCUT2D eigenvalue weighted by molar-refractivity contribution is 7.98. The quantitative estimate of drug-likeness (QED) is 0.614. The van der Waals surface area contributed by atoms with E-state index in [9.17, 15) is 9.59 Å². The molecule has 0 spiro atoms. The lowest BCUT2D eigenvalue weighted by Gasteiger charge is -2.10. The molecule has 0 unspecified atom stereocenters. The van der Waals surface area contributed by atoms with Crippen LogP contribution in [0, 0.1) is 0 Å². The van der Waals surface area contributed by atoms with Gasteiger partial charge in [0, 0.05) is 10.5 Å². The number of methoxy groups -OCH3 is 3. The molecule has 1 heterocycles. The van der Waals surface area contributed by atoms with Gasteiger partial charge in [-0.3, -0.25) is 0 Å². The van der Waals surface area contributed by atoms with Crippen molar-refractivity contribution in [2.45, 2.75) is 4.90 Å². The molecule has 2 aromatic rings. The van der Waals surface area contributed by atoms with E-state index in [1.54, 1.807) is 30.5 Å². The van der Waals surface area contributed by atoms with Crippen LogP contribution in [0.3, 0.4) is 0 Å². The second kappa shape index (κ2) is 7.23. The summed E-state index contributed by atoms with van der Waals surface area (Å²) < 4.78 is 20.3. The summed E-state index contributed by atoms with van der Waals surface area (Å²) in [5.41, 5.74) is -0.218. The van der Waals surface area contributed by atoms with Crippen LogP contribution in [0.15, 0.2) is 38.4 Å². The molecule has 0 saturated carbocycles. The molecule has 1 aromatic heterocycles. The van der Waals surface area contributed by atoms with Gasteiger partial charge in [-0.25, -0.2) is 9.59 Å². The molecule has 0 aliphatic heterocycles. The maximum atomic E-state index is 12.1. The zero-order valence-corrected chi connectivity index (χ0v) is 14.0. The molecule has 0 saturated heterocycles. The molecule has 7 heteroatoms. The molecule has 0 amide bonds. The summed E-state index contributed by atoms with van der Waals surface area (Å²) >= 11 is 1.26. The third kappa shape index (κ3) is 3.34. The molecule has 0 N–H and O–H groups in total. The van der Waals surface area contributed by atoms with Crippen LogP contribution in [0.4, 0.5) is 0 Å². The Balaban J connectivity index is 2.59. The number of carbonyl (C=O) groups excluding carboxylic acids is 1. The van der Waals surface area contributed by atoms with E-state index in [1.165, 1.54) is 33.1 Å². The minimum Gasteiger partial charge on any atom is -0.493 e. The van der Waals surface area contributed by atoms with Crippen LogP contribution in [0.1, 0.15) is 10.4 Å². The van der Waals surface area contributed by atoms with Gasteiger partial charge in [-0.1, -0.05) is 0 Å². The first kappa shape index (κ1) is 17.0. The fourth-order valence-electron chi connectivity index (χ4n) is 2.05. The molecule has 122 valence electrons. The minimum absolute atomic E-state index is 0.107. The maximum Gasteiger partial charge on any atom is 0.352 e. The van der Waals surface area contributed by atoms with Crippen molar-refractivity contribution in [3.05, 3.63) is 40.2 Å². The predicted molar refractivity (Wildman–Crippen MR) is 86.6 cm³/mol. The van der Waals surface area contributed by atoms with Gasteiger partial charge < -0.3 is 18.6 Å². The number of rotatable bonds is 5. The molecule has 0 atom stereocenters. The normalized spacial score (nSPS) is 10.3. The third-order valence-corrected chi connectivity index (χ3v) is 3.95. The van der Waals surface area contributed by atoms with Crippen LogP contribution in [0.25, 0.3) is 11.3 Å². The largest absolute Gasteiger partial charge is 0.493 e. The highest BCUT2D eigenvalue weighted by atomic mass is 32.2. The minimum atomic E-state index is -0.742. The fraction of sp³-hybridized carbons (Fsp3) is 0.250. The van der Waals surface area contributed by atoms with Crippen LogP contribution in [-0.4, -0.2) is 33.6 Å². The van der Waals surface area contributed by atoms with Crippen LogP contribution in [0.2, 0.25) is 0 Å². The summed E-state index contributed by atoms with van der Waals surface area (Å²) in [4.78, 5) is 24.3. The third-order valence-electron chi connectivity index (χ3n) is 3.19. The van der Waals surface area contributed by atoms with Crippen molar-refractivity contribution in [3.63, 3.8) is 0 Å². The first-order valence-corrected chi connectivity index (χ1v) is 7.81. The van der Waals surface area contributed by atoms with E-state index in [0.29, 0.717) is 27.7 Å². The lowest BCUT2D eigenvalue weighted by molar-refractivity contribution is 0.0591. The van der Waals surface area contributed by atoms with E-state index in [4.69, 9.17) is 13.9 Å². The van der Waals surface area contributed by atoms with Gasteiger partial charge in [-0.05, 0) is 30.5 Å². The lowest BCUT2D eigenvalue weighted by Crippen LogP contribution is -2.17. The Labute approximate surface area is 137 Å². The second-order valence-electron chi connectivity index (χ2n) is 4.40. The van der Waals surface area contributed by atoms with Crippen molar-refractivity contribution in [2.24, 2.45) is 0 Å². The summed E-state index contributed by atoms with van der Waals surface area (Å²) in [6.07, 6.45) is 1.76. The highest BCUT2D eigenvalue weighted by Gasteiger charge is 2.20. The van der Waals surface area contributed by atoms with Crippen LogP contribution >= 0.6 is 11.8 Å². The molecule has 0 aliphatic carbocycles. The van der Waals surface area contributed by atoms with E-state index < -0.39 is 11.6 Å². The maximum absolute atomic E-state index is 12.1. The number of esters is 1. The van der Waals surface area contributed by atoms with E-state index in [1.807, 2.05) is 0 Å². The zero-order chi connectivity index (χ0) is 17.0. The molecule has 1 aromatic carbocycles. The van der Waals surface area contributed by atoms with Gasteiger partial charge >= 0.3 is 11.6 Å². The van der Waals surface area contributed by atoms with Gasteiger partial charge in [0.2, 0.25) is 0 Å². The standard InChI is InChI=1S/C16H16O6S/c1-19-10-6-5-9(7-12(10)20-2)11-8-13(23-4)14(15(17)21-3)16(18)22-11/h5-8H,1-4H3. The number of hydrogen-bond acceptors (Lipinski definition) is 7. The average Bonchev–Trinajstić information content (AvgIpc) is 2.59. The van der Waals surface area contributed by atoms with Gasteiger partial charge in [0.25, 0.3) is 0 Å². The SMILES string of the molecule is COC(=O)c1c(SC)cc(-c2ccc(OC)c(OC)c2)oc1=O. The molecular formula is C16H16O6S. The van der Waals surface area contributed by atoms with E-state index in [2.05, 4.69) is 4.74 Å². The molecule has 0 fully saturated rings. The molecule has 23 heavy (non-hydrogen) atoms. The Kier molecular flexibility index (Phi) is 5.33. The van der Waals surface area contributed by atoms with E-state index >= 15 is 0 Å². The van der Waals surface area contributed by atoms with Crippen molar-refractivity contribution in [2.75, 3.05) is 27.6 Å². The van der Waals surface area contributed by atoms with Crippen molar-refractivity contribution in [3.8, 4) is 22.8 Å². The second-order valence-corrected chi connectivity index (χ2v) is 5.25. The Morgan fingerprint density at radius 3 is 2.35 bits per heavy atom. The predicted octanol–water partition coefficient (Wildman–Crippen LogP) is 2.83. The molecule has 6 nitrogen and oxygen atoms in total. The van der Waals surface area contributed by atoms with Crippen LogP contribution < -0.4 is 15.1 Å². The van der Waals surface area contributed by atoms with Gasteiger partial charge in [0.15, 0.2) is 17.1 Å². The van der Waals surface area contributed by atoms with Crippen LogP contribution in [-0.2, 0) is 4.74 Å². The van der Waals surface area contributed by atoms with Crippen LogP contribution in [0.5, 0.6) is 11.5 Å². The van der Waals surface area contributed by atoms with Crippen molar-refractivity contribution in [1.29, 1.82) is 0 Å². The van der Waals surface area contributed by atoms with E-state index in [0.717, 1.165) is 0 Å². The smallest absolute Gasteiger partial charge is 0.352 e. The zero-order valence-electron chi connectivity index (χ0n) is 13.2. The van der Waals surface area contributed by atoms with Gasteiger partial charge in [0.1, 0.15) is 5.76 Å². The molecule has 0 aliphatic rings. The number of carbonyl (C=O) groups is 1. The van der Waals surface area contributed by atoms with E-state index in [-0.39, 0.29) is 5.56 Å². The molecule has 0 radical (unpaired) electrons. The van der Waals surface area contributed by atoms with Gasteiger partial charge in [-0.15, -0.1) is 11.8 Å². The number of ether oxygens (including phenoxy) is 3. The topological polar surface area (TPSA) is 75.0 Å². The summed E-state index contributed by atoms with van der Waals surface area (Å²) in [5.74, 6) is 0.681. The fourth-order valence-corrected chi connectivity index (χ4v) is 2.65. The Morgan fingerprint density at radius 2 is 1.78 bits per heavy atom. The summed E-state index contributed by atoms with van der Waals surface area (Å²) in [6.45, 7) is 0. The number of thioether (sulfide) groups is 1. The number of benzene rings is 1. The average molecular weight is 336 g/mol. The monoisotopic (exact) mass is 336 g/mol. The molecular weight excluding hydrogens is 320 g/mol.